The van der Waals surface area contributed by atoms with Crippen molar-refractivity contribution in [3.05, 3.63) is 70.8 Å². The molecule has 178 valence electrons. The Morgan fingerprint density at radius 1 is 1.38 bits per heavy atom. The number of benzene rings is 1. The summed E-state index contributed by atoms with van der Waals surface area (Å²) in [7, 11) is 0. The van der Waals surface area contributed by atoms with Crippen molar-refractivity contribution in [1.29, 1.82) is 0 Å². The van der Waals surface area contributed by atoms with Gasteiger partial charge in [0.25, 0.3) is 5.91 Å². The second-order valence-corrected chi connectivity index (χ2v) is 9.74. The van der Waals surface area contributed by atoms with Gasteiger partial charge in [-0.15, -0.1) is 0 Å². The molecule has 1 saturated carbocycles. The number of amidine groups is 1. The smallest absolute Gasteiger partial charge is 0.330 e. The number of nitrogens with two attached hydrogens (primary N) is 1. The lowest BCUT2D eigenvalue weighted by molar-refractivity contribution is -0.137. The molecule has 4 rings (SSSR count). The third-order valence-electron chi connectivity index (χ3n) is 5.78. The molecular weight excluding hydrogens is 486 g/mol. The number of carbonyl (C=O) groups is 2. The number of fused-ring (bicyclic) bond motifs is 1. The summed E-state index contributed by atoms with van der Waals surface area (Å²) < 4.78 is 33.9. The number of thioether (sulfide) groups is 1. The van der Waals surface area contributed by atoms with E-state index in [4.69, 9.17) is 22.1 Å². The van der Waals surface area contributed by atoms with Gasteiger partial charge < -0.3 is 15.8 Å². The molecule has 3 N–H and O–H groups in total. The largest absolute Gasteiger partial charge is 0.463 e. The van der Waals surface area contributed by atoms with Crippen molar-refractivity contribution in [3.63, 3.8) is 0 Å². The zero-order chi connectivity index (χ0) is 24.5. The Labute approximate surface area is 203 Å². The van der Waals surface area contributed by atoms with E-state index < -0.39 is 40.6 Å². The lowest BCUT2D eigenvalue weighted by atomic mass is 9.84. The molecule has 0 bridgehead atoms. The number of hydrogen-bond donors (Lipinski definition) is 2. The van der Waals surface area contributed by atoms with Gasteiger partial charge in [-0.3, -0.25) is 4.79 Å². The second-order valence-electron chi connectivity index (χ2n) is 7.92. The summed E-state index contributed by atoms with van der Waals surface area (Å²) in [5, 5.41) is 3.09. The van der Waals surface area contributed by atoms with E-state index in [9.17, 15) is 14.0 Å². The summed E-state index contributed by atoms with van der Waals surface area (Å²) in [6, 6.07) is 6.83. The summed E-state index contributed by atoms with van der Waals surface area (Å²) >= 11 is 7.01. The van der Waals surface area contributed by atoms with Crippen LogP contribution in [0.4, 0.5) is 14.5 Å². The van der Waals surface area contributed by atoms with E-state index in [-0.39, 0.29) is 28.7 Å². The van der Waals surface area contributed by atoms with E-state index in [1.807, 2.05) is 0 Å². The molecule has 1 aliphatic heterocycles. The lowest BCUT2D eigenvalue weighted by Gasteiger charge is -2.34. The first kappa shape index (κ1) is 24.2. The van der Waals surface area contributed by atoms with Gasteiger partial charge in [0.1, 0.15) is 23.7 Å². The van der Waals surface area contributed by atoms with Crippen LogP contribution in [-0.4, -0.2) is 40.1 Å². The van der Waals surface area contributed by atoms with Gasteiger partial charge in [0.15, 0.2) is 5.17 Å². The molecular formula is C23H21ClF2N4O3S. The quantitative estimate of drug-likeness (QED) is 0.430. The predicted molar refractivity (Wildman–Crippen MR) is 127 cm³/mol. The van der Waals surface area contributed by atoms with Crippen LogP contribution in [0.25, 0.3) is 0 Å². The molecule has 2 heterocycles. The normalized spacial score (nSPS) is 25.4. The first-order valence-corrected chi connectivity index (χ1v) is 11.6. The topological polar surface area (TPSA) is 107 Å². The van der Waals surface area contributed by atoms with Gasteiger partial charge in [0.05, 0.1) is 11.6 Å². The number of hydrogen-bond acceptors (Lipinski definition) is 7. The fourth-order valence-electron chi connectivity index (χ4n) is 4.14. The summed E-state index contributed by atoms with van der Waals surface area (Å²) in [4.78, 5) is 32.6. The van der Waals surface area contributed by atoms with Gasteiger partial charge in [-0.2, -0.15) is 0 Å². The van der Waals surface area contributed by atoms with Crippen molar-refractivity contribution in [1.82, 2.24) is 4.98 Å². The van der Waals surface area contributed by atoms with Crippen LogP contribution in [0, 0.1) is 11.7 Å². The van der Waals surface area contributed by atoms with Gasteiger partial charge in [-0.1, -0.05) is 29.4 Å². The average Bonchev–Trinajstić information content (AvgIpc) is 3.54. The monoisotopic (exact) mass is 506 g/mol. The van der Waals surface area contributed by atoms with Gasteiger partial charge in [-0.25, -0.2) is 23.6 Å². The number of halogens is 3. The SMILES string of the molecule is CCOC(=O)C=C[C@]12C[C@H]1[C@@](CF)(c1cc(NC(=O)c3ccc(Cl)cn3)ccc1F)N=C(N)S2. The zero-order valence-electron chi connectivity index (χ0n) is 18.1. The molecule has 34 heavy (non-hydrogen) atoms. The molecule has 1 amide bonds. The molecule has 0 radical (unpaired) electrons. The predicted octanol–water partition coefficient (Wildman–Crippen LogP) is 4.23. The van der Waals surface area contributed by atoms with Crippen LogP contribution in [0.3, 0.4) is 0 Å². The maximum Gasteiger partial charge on any atom is 0.330 e. The Morgan fingerprint density at radius 3 is 2.85 bits per heavy atom. The summed E-state index contributed by atoms with van der Waals surface area (Å²) in [6.07, 6.45) is 4.68. The van der Waals surface area contributed by atoms with Crippen LogP contribution in [0.1, 0.15) is 29.4 Å². The standard InChI is InChI=1S/C23H21ClF2N4O3S/c1-2-33-19(31)7-8-22-10-18(22)23(12-25,30-21(27)34-22)15-9-14(4-5-16(15)26)29-20(32)17-6-3-13(24)11-28-17/h3-9,11,18H,2,10,12H2,1H3,(H2,27,30)(H,29,32)/t18-,22+,23-/m1/s1. The number of aliphatic imine (C=N–C) groups is 1. The number of anilines is 1. The highest BCUT2D eigenvalue weighted by molar-refractivity contribution is 8.15. The highest BCUT2D eigenvalue weighted by atomic mass is 35.5. The van der Waals surface area contributed by atoms with Crippen LogP contribution in [-0.2, 0) is 15.1 Å². The molecule has 0 saturated heterocycles. The number of nitrogens with zero attached hydrogens (tertiary/aromatic N) is 2. The van der Waals surface area contributed by atoms with Crippen LogP contribution in [0.15, 0.2) is 53.7 Å². The van der Waals surface area contributed by atoms with Gasteiger partial charge in [0, 0.05) is 34.2 Å². The van der Waals surface area contributed by atoms with Gasteiger partial charge in [-0.05, 0) is 43.7 Å². The number of nitrogens with one attached hydrogen (secondary N) is 1. The maximum absolute atomic E-state index is 15.0. The number of rotatable bonds is 7. The average molecular weight is 507 g/mol. The Balaban J connectivity index is 1.65. The fourth-order valence-corrected chi connectivity index (χ4v) is 5.57. The molecule has 3 atom stereocenters. The van der Waals surface area contributed by atoms with Crippen molar-refractivity contribution >= 4 is 46.1 Å². The molecule has 0 unspecified atom stereocenters. The van der Waals surface area contributed by atoms with Crippen LogP contribution in [0.5, 0.6) is 0 Å². The van der Waals surface area contributed by atoms with Crippen molar-refractivity contribution < 1.29 is 23.1 Å². The number of alkyl halides is 1. The summed E-state index contributed by atoms with van der Waals surface area (Å²) in [5.41, 5.74) is 4.75. The molecule has 2 aromatic rings. The van der Waals surface area contributed by atoms with E-state index in [0.29, 0.717) is 11.4 Å². The highest BCUT2D eigenvalue weighted by Crippen LogP contribution is 2.67. The Hall–Kier alpha value is -2.98. The highest BCUT2D eigenvalue weighted by Gasteiger charge is 2.67. The molecule has 1 fully saturated rings. The molecule has 0 spiro atoms. The van der Waals surface area contributed by atoms with E-state index in [1.54, 1.807) is 13.0 Å². The maximum atomic E-state index is 15.0. The Bertz CT molecular complexity index is 1190. The number of amides is 1. The molecule has 1 aromatic heterocycles. The summed E-state index contributed by atoms with van der Waals surface area (Å²) in [5.74, 6) is -2.20. The minimum atomic E-state index is -1.60. The summed E-state index contributed by atoms with van der Waals surface area (Å²) in [6.45, 7) is 0.899. The molecule has 7 nitrogen and oxygen atoms in total. The van der Waals surface area contributed by atoms with Crippen molar-refractivity contribution in [2.75, 3.05) is 18.6 Å². The van der Waals surface area contributed by atoms with Crippen LogP contribution in [0.2, 0.25) is 5.02 Å². The van der Waals surface area contributed by atoms with Crippen molar-refractivity contribution in [2.45, 2.75) is 23.6 Å². The van der Waals surface area contributed by atoms with Crippen LogP contribution >= 0.6 is 23.4 Å². The van der Waals surface area contributed by atoms with Crippen molar-refractivity contribution in [3.8, 4) is 0 Å². The number of pyridine rings is 1. The minimum absolute atomic E-state index is 0.0310. The molecule has 2 aliphatic rings. The van der Waals surface area contributed by atoms with Crippen molar-refractivity contribution in [2.24, 2.45) is 16.6 Å². The molecule has 1 aliphatic carbocycles. The van der Waals surface area contributed by atoms with E-state index in [1.165, 1.54) is 48.3 Å². The number of esters is 1. The zero-order valence-corrected chi connectivity index (χ0v) is 19.6. The van der Waals surface area contributed by atoms with Gasteiger partial charge in [0.2, 0.25) is 0 Å². The molecule has 1 aromatic carbocycles. The first-order chi connectivity index (χ1) is 16.2. The Kier molecular flexibility index (Phi) is 6.64. The second kappa shape index (κ2) is 9.34. The van der Waals surface area contributed by atoms with Gasteiger partial charge >= 0.3 is 5.97 Å². The fraction of sp³-hybridized carbons (Fsp3) is 0.304. The van der Waals surface area contributed by atoms with E-state index in [2.05, 4.69) is 15.3 Å². The lowest BCUT2D eigenvalue weighted by Crippen LogP contribution is -2.39. The first-order valence-electron chi connectivity index (χ1n) is 10.4. The van der Waals surface area contributed by atoms with E-state index in [0.717, 1.165) is 6.07 Å². The molecule has 11 heteroatoms. The third-order valence-corrected chi connectivity index (χ3v) is 7.27. The van der Waals surface area contributed by atoms with Crippen LogP contribution < -0.4 is 11.1 Å². The number of ether oxygens (including phenoxy) is 1. The Morgan fingerprint density at radius 2 is 2.18 bits per heavy atom. The minimum Gasteiger partial charge on any atom is -0.463 e. The van der Waals surface area contributed by atoms with E-state index >= 15 is 4.39 Å². The number of aromatic nitrogens is 1. The number of carbonyl (C=O) groups excluding carboxylic acids is 2. The third kappa shape index (κ3) is 4.52.